The van der Waals surface area contributed by atoms with E-state index >= 15 is 0 Å². The minimum atomic E-state index is -0.921. The Morgan fingerprint density at radius 2 is 1.55 bits per heavy atom. The van der Waals surface area contributed by atoms with Gasteiger partial charge in [-0.2, -0.15) is 0 Å². The summed E-state index contributed by atoms with van der Waals surface area (Å²) in [6, 6.07) is 7.99. The van der Waals surface area contributed by atoms with E-state index in [1.807, 2.05) is 25.1 Å². The normalized spacial score (nSPS) is 16.3. The molecule has 3 aromatic rings. The monoisotopic (exact) mass is 629 g/mol. The predicted octanol–water partition coefficient (Wildman–Crippen LogP) is 10.4. The van der Waals surface area contributed by atoms with Crippen molar-refractivity contribution in [2.45, 2.75) is 111 Å². The zero-order valence-electron chi connectivity index (χ0n) is 26.4. The molecule has 42 heavy (non-hydrogen) atoms. The van der Waals surface area contributed by atoms with E-state index in [2.05, 4.69) is 54.5 Å². The molecule has 0 fully saturated rings. The smallest absolute Gasteiger partial charge is 0.258 e. The van der Waals surface area contributed by atoms with Gasteiger partial charge in [0.1, 0.15) is 0 Å². The van der Waals surface area contributed by atoms with Crippen LogP contribution >= 0.6 is 34.0 Å². The van der Waals surface area contributed by atoms with Crippen molar-refractivity contribution in [2.75, 3.05) is 13.2 Å². The number of aliphatic hydroxyl groups excluding tert-OH is 2. The number of aliphatic hydroxyl groups is 2. The molecule has 3 aromatic heterocycles. The Morgan fingerprint density at radius 1 is 0.881 bits per heavy atom. The summed E-state index contributed by atoms with van der Waals surface area (Å²) >= 11 is 4.68. The molecule has 1 aliphatic heterocycles. The van der Waals surface area contributed by atoms with E-state index in [0.29, 0.717) is 29.4 Å². The number of nitrogens with zero attached hydrogens (tertiary/aromatic N) is 1. The van der Waals surface area contributed by atoms with E-state index < -0.39 is 6.23 Å². The number of amides is 1. The van der Waals surface area contributed by atoms with Crippen LogP contribution in [0, 0.1) is 0 Å². The molecule has 0 radical (unpaired) electrons. The van der Waals surface area contributed by atoms with E-state index in [4.69, 9.17) is 4.74 Å². The molecule has 0 aliphatic carbocycles. The van der Waals surface area contributed by atoms with Crippen LogP contribution in [0.4, 0.5) is 0 Å². The highest BCUT2D eigenvalue weighted by Crippen LogP contribution is 2.51. The average Bonchev–Trinajstić information content (AvgIpc) is 3.70. The zero-order chi connectivity index (χ0) is 30.8. The molecule has 0 aromatic carbocycles. The Labute approximate surface area is 263 Å². The van der Waals surface area contributed by atoms with E-state index in [1.165, 1.54) is 35.5 Å². The van der Waals surface area contributed by atoms with Crippen molar-refractivity contribution in [3.63, 3.8) is 0 Å². The highest BCUT2D eigenvalue weighted by molar-refractivity contribution is 7.23. The molecule has 1 aliphatic rings. The van der Waals surface area contributed by atoms with Crippen molar-refractivity contribution >= 4 is 51.4 Å². The first-order valence-corrected chi connectivity index (χ1v) is 17.7. The van der Waals surface area contributed by atoms with Gasteiger partial charge >= 0.3 is 0 Å². The highest BCUT2D eigenvalue weighted by atomic mass is 32.1. The van der Waals surface area contributed by atoms with Crippen molar-refractivity contribution < 1.29 is 19.7 Å². The van der Waals surface area contributed by atoms with Crippen LogP contribution in [0.15, 0.2) is 24.3 Å². The van der Waals surface area contributed by atoms with Crippen LogP contribution in [-0.4, -0.2) is 34.2 Å². The molecule has 230 valence electrons. The average molecular weight is 630 g/mol. The van der Waals surface area contributed by atoms with Crippen LogP contribution in [-0.2, 0) is 15.6 Å². The van der Waals surface area contributed by atoms with Gasteiger partial charge in [0.05, 0.1) is 26.8 Å². The van der Waals surface area contributed by atoms with Crippen LogP contribution in [0.5, 0.6) is 0 Å². The Hall–Kier alpha value is -2.13. The number of hydrogen-bond donors (Lipinski definition) is 2. The second kappa shape index (κ2) is 13.2. The van der Waals surface area contributed by atoms with Gasteiger partial charge < -0.3 is 19.8 Å². The van der Waals surface area contributed by atoms with Crippen molar-refractivity contribution in [2.24, 2.45) is 0 Å². The fourth-order valence-corrected chi connectivity index (χ4v) is 8.80. The number of fused-ring (bicyclic) bond motifs is 1. The SMILES string of the molecule is CCCCCCCCN1C(=O)c2c(-c3ccc(/C(O)=C(\OCC)c4ccc(C(C)(C)C)s4)s3)sc(C(C)(C)C)c2C1O. The molecule has 4 heterocycles. The Kier molecular flexibility index (Phi) is 10.3. The molecule has 1 amide bonds. The largest absolute Gasteiger partial charge is 0.503 e. The first-order valence-electron chi connectivity index (χ1n) is 15.2. The minimum Gasteiger partial charge on any atom is -0.503 e. The molecule has 0 spiro atoms. The molecule has 0 saturated heterocycles. The summed E-state index contributed by atoms with van der Waals surface area (Å²) < 4.78 is 5.98. The summed E-state index contributed by atoms with van der Waals surface area (Å²) in [4.78, 5) is 21.1. The van der Waals surface area contributed by atoms with Gasteiger partial charge in [0, 0.05) is 26.7 Å². The fourth-order valence-electron chi connectivity index (χ4n) is 5.29. The van der Waals surface area contributed by atoms with Gasteiger partial charge in [-0.1, -0.05) is 80.6 Å². The standard InChI is InChI=1S/C34H47NO4S3/c1-9-11-12-13-14-15-20-35-31(37)25-26(32(35)38)30(34(6,7)8)42-29(25)23-17-16-21(40-23)27(36)28(39-10-2)22-18-19-24(41-22)33(3,4)5/h16-19,32,36,38H,9-15,20H2,1-8H3/b28-27+. The third-order valence-electron chi connectivity index (χ3n) is 7.54. The van der Waals surface area contributed by atoms with Crippen LogP contribution in [0.2, 0.25) is 0 Å². The van der Waals surface area contributed by atoms with Crippen molar-refractivity contribution in [1.29, 1.82) is 0 Å². The highest BCUT2D eigenvalue weighted by Gasteiger charge is 2.43. The van der Waals surface area contributed by atoms with Gasteiger partial charge in [-0.15, -0.1) is 34.0 Å². The van der Waals surface area contributed by atoms with Crippen LogP contribution in [0.25, 0.3) is 21.3 Å². The molecule has 1 unspecified atom stereocenters. The topological polar surface area (TPSA) is 70.0 Å². The third-order valence-corrected chi connectivity index (χ3v) is 12.0. The Morgan fingerprint density at radius 3 is 2.17 bits per heavy atom. The van der Waals surface area contributed by atoms with Gasteiger partial charge in [-0.05, 0) is 48.4 Å². The van der Waals surface area contributed by atoms with Crippen molar-refractivity contribution in [3.8, 4) is 9.75 Å². The number of thiophene rings is 3. The number of carbonyl (C=O) groups is 1. The molecule has 5 nitrogen and oxygen atoms in total. The van der Waals surface area contributed by atoms with Crippen LogP contribution < -0.4 is 0 Å². The van der Waals surface area contributed by atoms with Gasteiger partial charge in [0.15, 0.2) is 17.7 Å². The minimum absolute atomic E-state index is 0.0102. The van der Waals surface area contributed by atoms with Crippen LogP contribution in [0.1, 0.15) is 136 Å². The van der Waals surface area contributed by atoms with Gasteiger partial charge in [0.2, 0.25) is 0 Å². The number of ether oxygens (including phenoxy) is 1. The van der Waals surface area contributed by atoms with Crippen LogP contribution in [0.3, 0.4) is 0 Å². The summed E-state index contributed by atoms with van der Waals surface area (Å²) in [6.45, 7) is 18.0. The summed E-state index contributed by atoms with van der Waals surface area (Å²) in [5.41, 5.74) is 1.17. The number of carbonyl (C=O) groups excluding carboxylic acids is 1. The second-order valence-electron chi connectivity index (χ2n) is 13.1. The molecular weight excluding hydrogens is 583 g/mol. The van der Waals surface area contributed by atoms with Gasteiger partial charge in [0.25, 0.3) is 5.91 Å². The third kappa shape index (κ3) is 6.82. The number of rotatable bonds is 12. The van der Waals surface area contributed by atoms with E-state index in [9.17, 15) is 15.0 Å². The molecule has 1 atom stereocenters. The molecular formula is C34H47NO4S3. The Bertz CT molecular complexity index is 1410. The van der Waals surface area contributed by atoms with Gasteiger partial charge in [-0.3, -0.25) is 4.79 Å². The van der Waals surface area contributed by atoms with E-state index in [-0.39, 0.29) is 22.5 Å². The fraction of sp³-hybridized carbons (Fsp3) is 0.559. The lowest BCUT2D eigenvalue weighted by atomic mass is 9.90. The number of unbranched alkanes of at least 4 members (excludes halogenated alkanes) is 5. The maximum absolute atomic E-state index is 13.8. The lowest BCUT2D eigenvalue weighted by Crippen LogP contribution is -2.29. The van der Waals surface area contributed by atoms with E-state index in [0.717, 1.165) is 44.3 Å². The quantitative estimate of drug-likeness (QED) is 0.154. The summed E-state index contributed by atoms with van der Waals surface area (Å²) in [7, 11) is 0. The molecule has 8 heteroatoms. The molecule has 0 bridgehead atoms. The Balaban J connectivity index is 1.68. The molecule has 0 saturated carbocycles. The summed E-state index contributed by atoms with van der Waals surface area (Å²) in [6.07, 6.45) is 5.86. The maximum atomic E-state index is 13.8. The summed E-state index contributed by atoms with van der Waals surface area (Å²) in [5, 5.41) is 22.9. The first kappa shape index (κ1) is 32.8. The van der Waals surface area contributed by atoms with Crippen molar-refractivity contribution in [1.82, 2.24) is 4.90 Å². The maximum Gasteiger partial charge on any atom is 0.258 e. The van der Waals surface area contributed by atoms with Gasteiger partial charge in [-0.25, -0.2) is 0 Å². The second-order valence-corrected chi connectivity index (χ2v) is 16.3. The molecule has 2 N–H and O–H groups in total. The molecule has 4 rings (SSSR count). The van der Waals surface area contributed by atoms with E-state index in [1.54, 1.807) is 27.6 Å². The lowest BCUT2D eigenvalue weighted by molar-refractivity contribution is 0.0164. The predicted molar refractivity (Wildman–Crippen MR) is 180 cm³/mol. The lowest BCUT2D eigenvalue weighted by Gasteiger charge is -2.25. The zero-order valence-corrected chi connectivity index (χ0v) is 28.9. The van der Waals surface area contributed by atoms with Crippen molar-refractivity contribution in [3.05, 3.63) is 54.9 Å². The number of hydrogen-bond acceptors (Lipinski definition) is 7. The summed E-state index contributed by atoms with van der Waals surface area (Å²) in [5.74, 6) is 0.497. The first-order chi connectivity index (χ1) is 19.8.